The number of likely N-dealkylation sites (tertiary alicyclic amines) is 1. The van der Waals surface area contributed by atoms with E-state index in [1.807, 2.05) is 20.8 Å². The zero-order valence-electron chi connectivity index (χ0n) is 11.4. The average Bonchev–Trinajstić information content (AvgIpc) is 2.26. The molecular weight excluding hydrogens is 232 g/mol. The second-order valence-corrected chi connectivity index (χ2v) is 6.16. The zero-order valence-corrected chi connectivity index (χ0v) is 11.4. The van der Waals surface area contributed by atoms with Gasteiger partial charge in [0.05, 0.1) is 0 Å². The summed E-state index contributed by atoms with van der Waals surface area (Å²) < 4.78 is 5.37. The number of ether oxygens (including phenoxy) is 1. The molecule has 2 amide bonds. The minimum atomic E-state index is -0.460. The molecule has 0 aromatic heterocycles. The first-order valence-corrected chi connectivity index (χ1v) is 6.62. The Kier molecular flexibility index (Phi) is 3.50. The van der Waals surface area contributed by atoms with E-state index in [2.05, 4.69) is 5.32 Å². The van der Waals surface area contributed by atoms with Crippen molar-refractivity contribution < 1.29 is 14.3 Å². The molecular formula is C13H22N2O3. The lowest BCUT2D eigenvalue weighted by Gasteiger charge is -2.40. The van der Waals surface area contributed by atoms with Crippen LogP contribution in [0, 0.1) is 11.8 Å². The van der Waals surface area contributed by atoms with Gasteiger partial charge < -0.3 is 15.0 Å². The quantitative estimate of drug-likeness (QED) is 0.710. The molecule has 2 unspecified atom stereocenters. The fourth-order valence-corrected chi connectivity index (χ4v) is 2.67. The van der Waals surface area contributed by atoms with Crippen molar-refractivity contribution in [1.29, 1.82) is 0 Å². The summed E-state index contributed by atoms with van der Waals surface area (Å²) in [7, 11) is 0. The molecule has 2 fully saturated rings. The van der Waals surface area contributed by atoms with E-state index < -0.39 is 5.60 Å². The fraction of sp³-hybridized carbons (Fsp3) is 0.846. The standard InChI is InChI=1S/C13H22N2O3/c1-13(2,3)18-12(17)15-7-5-10-9(8-15)4-6-14-11(10)16/h9-10H,4-8H2,1-3H3,(H,14,16). The number of hydrogen-bond acceptors (Lipinski definition) is 3. The number of fused-ring (bicyclic) bond motifs is 1. The highest BCUT2D eigenvalue weighted by molar-refractivity contribution is 5.80. The number of rotatable bonds is 0. The van der Waals surface area contributed by atoms with Crippen molar-refractivity contribution in [2.24, 2.45) is 11.8 Å². The van der Waals surface area contributed by atoms with Crippen molar-refractivity contribution >= 4 is 12.0 Å². The van der Waals surface area contributed by atoms with Crippen LogP contribution in [-0.2, 0) is 9.53 Å². The predicted molar refractivity (Wildman–Crippen MR) is 67.0 cm³/mol. The van der Waals surface area contributed by atoms with Gasteiger partial charge in [0.15, 0.2) is 0 Å². The number of hydrogen-bond donors (Lipinski definition) is 1. The molecule has 102 valence electrons. The average molecular weight is 254 g/mol. The maximum absolute atomic E-state index is 12.0. The SMILES string of the molecule is CC(C)(C)OC(=O)N1CCC2C(=O)NCCC2C1. The first kappa shape index (κ1) is 13.2. The van der Waals surface area contributed by atoms with Crippen molar-refractivity contribution in [3.05, 3.63) is 0 Å². The van der Waals surface area contributed by atoms with E-state index in [0.29, 0.717) is 19.0 Å². The Morgan fingerprint density at radius 3 is 2.78 bits per heavy atom. The summed E-state index contributed by atoms with van der Waals surface area (Å²) >= 11 is 0. The van der Waals surface area contributed by atoms with Gasteiger partial charge in [0, 0.05) is 25.6 Å². The van der Waals surface area contributed by atoms with Crippen LogP contribution < -0.4 is 5.32 Å². The van der Waals surface area contributed by atoms with Crippen LogP contribution in [0.4, 0.5) is 4.79 Å². The predicted octanol–water partition coefficient (Wildman–Crippen LogP) is 1.38. The van der Waals surface area contributed by atoms with E-state index in [9.17, 15) is 9.59 Å². The van der Waals surface area contributed by atoms with Gasteiger partial charge in [0.2, 0.25) is 5.91 Å². The van der Waals surface area contributed by atoms with Gasteiger partial charge in [-0.2, -0.15) is 0 Å². The third-order valence-electron chi connectivity index (χ3n) is 3.54. The van der Waals surface area contributed by atoms with Crippen LogP contribution in [0.3, 0.4) is 0 Å². The monoisotopic (exact) mass is 254 g/mol. The van der Waals surface area contributed by atoms with Crippen molar-refractivity contribution in [3.8, 4) is 0 Å². The summed E-state index contributed by atoms with van der Waals surface area (Å²) in [6.07, 6.45) is 1.44. The number of nitrogens with zero attached hydrogens (tertiary/aromatic N) is 1. The summed E-state index contributed by atoms with van der Waals surface area (Å²) in [6.45, 7) is 7.59. The lowest BCUT2D eigenvalue weighted by atomic mass is 9.80. The molecule has 18 heavy (non-hydrogen) atoms. The third kappa shape index (κ3) is 2.94. The Balaban J connectivity index is 1.94. The van der Waals surface area contributed by atoms with Gasteiger partial charge in [-0.05, 0) is 39.5 Å². The fourth-order valence-electron chi connectivity index (χ4n) is 2.67. The smallest absolute Gasteiger partial charge is 0.410 e. The summed E-state index contributed by atoms with van der Waals surface area (Å²) in [5, 5.41) is 2.89. The Hall–Kier alpha value is -1.26. The molecule has 2 aliphatic heterocycles. The molecule has 0 aromatic carbocycles. The van der Waals surface area contributed by atoms with Crippen molar-refractivity contribution in [2.75, 3.05) is 19.6 Å². The second-order valence-electron chi connectivity index (χ2n) is 6.16. The number of nitrogens with one attached hydrogen (secondary N) is 1. The van der Waals surface area contributed by atoms with E-state index in [0.717, 1.165) is 19.4 Å². The van der Waals surface area contributed by atoms with Crippen molar-refractivity contribution in [2.45, 2.75) is 39.2 Å². The van der Waals surface area contributed by atoms with Crippen molar-refractivity contribution in [1.82, 2.24) is 10.2 Å². The van der Waals surface area contributed by atoms with Crippen LogP contribution in [0.15, 0.2) is 0 Å². The van der Waals surface area contributed by atoms with Gasteiger partial charge in [0.25, 0.3) is 0 Å². The number of carbonyl (C=O) groups excluding carboxylic acids is 2. The third-order valence-corrected chi connectivity index (χ3v) is 3.54. The summed E-state index contributed by atoms with van der Waals surface area (Å²) in [4.78, 5) is 25.4. The molecule has 2 heterocycles. The van der Waals surface area contributed by atoms with Crippen molar-refractivity contribution in [3.63, 3.8) is 0 Å². The van der Waals surface area contributed by atoms with E-state index in [4.69, 9.17) is 4.74 Å². The Morgan fingerprint density at radius 1 is 1.39 bits per heavy atom. The highest BCUT2D eigenvalue weighted by Gasteiger charge is 2.38. The van der Waals surface area contributed by atoms with E-state index in [-0.39, 0.29) is 17.9 Å². The van der Waals surface area contributed by atoms with Crippen LogP contribution in [0.1, 0.15) is 33.6 Å². The first-order chi connectivity index (χ1) is 8.37. The molecule has 0 bridgehead atoms. The molecule has 2 atom stereocenters. The van der Waals surface area contributed by atoms with E-state index >= 15 is 0 Å². The molecule has 0 aliphatic carbocycles. The van der Waals surface area contributed by atoms with Gasteiger partial charge in [-0.15, -0.1) is 0 Å². The molecule has 1 N–H and O–H groups in total. The van der Waals surface area contributed by atoms with Gasteiger partial charge >= 0.3 is 6.09 Å². The van der Waals surface area contributed by atoms with Gasteiger partial charge in [-0.1, -0.05) is 0 Å². The van der Waals surface area contributed by atoms with Gasteiger partial charge in [0.1, 0.15) is 5.60 Å². The summed E-state index contributed by atoms with van der Waals surface area (Å²) in [5.74, 6) is 0.521. The first-order valence-electron chi connectivity index (χ1n) is 6.62. The topological polar surface area (TPSA) is 58.6 Å². The highest BCUT2D eigenvalue weighted by atomic mass is 16.6. The molecule has 0 aromatic rings. The van der Waals surface area contributed by atoms with Crippen LogP contribution in [0.25, 0.3) is 0 Å². The highest BCUT2D eigenvalue weighted by Crippen LogP contribution is 2.29. The minimum Gasteiger partial charge on any atom is -0.444 e. The molecule has 2 aliphatic rings. The lowest BCUT2D eigenvalue weighted by Crippen LogP contribution is -2.53. The zero-order chi connectivity index (χ0) is 13.3. The number of carbonyl (C=O) groups is 2. The van der Waals surface area contributed by atoms with Crippen LogP contribution in [0.5, 0.6) is 0 Å². The molecule has 2 saturated heterocycles. The molecule has 5 nitrogen and oxygen atoms in total. The minimum absolute atomic E-state index is 0.0810. The van der Waals surface area contributed by atoms with Crippen LogP contribution in [-0.4, -0.2) is 42.1 Å². The summed E-state index contributed by atoms with van der Waals surface area (Å²) in [5.41, 5.74) is -0.460. The largest absolute Gasteiger partial charge is 0.444 e. The van der Waals surface area contributed by atoms with Crippen LogP contribution in [0.2, 0.25) is 0 Å². The Morgan fingerprint density at radius 2 is 2.11 bits per heavy atom. The molecule has 2 rings (SSSR count). The normalized spacial score (nSPS) is 28.4. The molecule has 0 radical (unpaired) electrons. The molecule has 5 heteroatoms. The number of amides is 2. The van der Waals surface area contributed by atoms with Crippen LogP contribution >= 0.6 is 0 Å². The maximum Gasteiger partial charge on any atom is 0.410 e. The second kappa shape index (κ2) is 4.78. The molecule has 0 spiro atoms. The lowest BCUT2D eigenvalue weighted by molar-refractivity contribution is -0.131. The maximum atomic E-state index is 12.0. The van der Waals surface area contributed by atoms with Gasteiger partial charge in [-0.25, -0.2) is 4.79 Å². The van der Waals surface area contributed by atoms with Gasteiger partial charge in [-0.3, -0.25) is 4.79 Å². The Bertz CT molecular complexity index is 349. The number of piperidine rings is 2. The van der Waals surface area contributed by atoms with E-state index in [1.54, 1.807) is 4.90 Å². The Labute approximate surface area is 108 Å². The van der Waals surface area contributed by atoms with E-state index in [1.165, 1.54) is 0 Å². The molecule has 0 saturated carbocycles. The summed E-state index contributed by atoms with van der Waals surface area (Å²) in [6, 6.07) is 0.